The van der Waals surface area contributed by atoms with Crippen LogP contribution in [0.15, 0.2) is 22.7 Å². The van der Waals surface area contributed by atoms with E-state index in [1.54, 1.807) is 0 Å². The summed E-state index contributed by atoms with van der Waals surface area (Å²) in [5.74, 6) is 0.743. The molecular formula is C18H23BrO2. The van der Waals surface area contributed by atoms with Gasteiger partial charge in [0.05, 0.1) is 11.2 Å². The Morgan fingerprint density at radius 1 is 1.10 bits per heavy atom. The third-order valence-electron chi connectivity index (χ3n) is 5.28. The lowest BCUT2D eigenvalue weighted by atomic mass is 9.81. The van der Waals surface area contributed by atoms with Gasteiger partial charge in [-0.3, -0.25) is 0 Å². The predicted molar refractivity (Wildman–Crippen MR) is 86.5 cm³/mol. The number of hydrogen-bond acceptors (Lipinski definition) is 2. The first-order chi connectivity index (χ1) is 9.74. The molecule has 3 fully saturated rings. The van der Waals surface area contributed by atoms with Crippen molar-refractivity contribution in [2.24, 2.45) is 0 Å². The summed E-state index contributed by atoms with van der Waals surface area (Å²) in [4.78, 5) is 0. The number of epoxide rings is 1. The molecule has 1 spiro atoms. The van der Waals surface area contributed by atoms with Crippen molar-refractivity contribution in [3.63, 3.8) is 0 Å². The summed E-state index contributed by atoms with van der Waals surface area (Å²) < 4.78 is 13.7. The summed E-state index contributed by atoms with van der Waals surface area (Å²) in [5, 5.41) is 0. The lowest BCUT2D eigenvalue weighted by Gasteiger charge is -2.25. The quantitative estimate of drug-likeness (QED) is 0.691. The van der Waals surface area contributed by atoms with E-state index in [9.17, 15) is 0 Å². The monoisotopic (exact) mass is 350 g/mol. The van der Waals surface area contributed by atoms with Crippen molar-refractivity contribution in [3.8, 4) is 0 Å². The van der Waals surface area contributed by atoms with Crippen LogP contribution in [0.25, 0.3) is 0 Å². The molecule has 2 saturated heterocycles. The van der Waals surface area contributed by atoms with Gasteiger partial charge in [0.15, 0.2) is 0 Å². The third-order valence-corrected chi connectivity index (χ3v) is 5.78. The number of ether oxygens (including phenoxy) is 2. The lowest BCUT2D eigenvalue weighted by molar-refractivity contribution is -0.0786. The molecule has 0 aromatic heterocycles. The second-order valence-electron chi connectivity index (χ2n) is 7.98. The standard InChI is InChI=1S/C18H23BrO2/c1-16(2)10-18(17(3,4)21-16)15(20-18)14-9-12(19)7-8-13(14)11-5-6-11/h7-9,11,15H,5-6,10H2,1-4H3. The van der Waals surface area contributed by atoms with Gasteiger partial charge in [-0.2, -0.15) is 0 Å². The van der Waals surface area contributed by atoms with Crippen LogP contribution in [0.1, 0.15) is 70.1 Å². The molecule has 0 radical (unpaired) electrons. The van der Waals surface area contributed by atoms with E-state index in [2.05, 4.69) is 61.8 Å². The molecule has 3 aliphatic rings. The highest BCUT2D eigenvalue weighted by atomic mass is 79.9. The van der Waals surface area contributed by atoms with Crippen molar-refractivity contribution < 1.29 is 9.47 Å². The van der Waals surface area contributed by atoms with Crippen LogP contribution in [0.4, 0.5) is 0 Å². The summed E-state index contributed by atoms with van der Waals surface area (Å²) in [6.07, 6.45) is 3.79. The van der Waals surface area contributed by atoms with Crippen LogP contribution in [0.2, 0.25) is 0 Å². The summed E-state index contributed by atoms with van der Waals surface area (Å²) in [6.45, 7) is 8.70. The molecule has 2 nitrogen and oxygen atoms in total. The van der Waals surface area contributed by atoms with E-state index in [1.807, 2.05) is 0 Å². The maximum Gasteiger partial charge on any atom is 0.130 e. The van der Waals surface area contributed by atoms with Crippen LogP contribution in [0.3, 0.4) is 0 Å². The van der Waals surface area contributed by atoms with E-state index in [-0.39, 0.29) is 22.9 Å². The van der Waals surface area contributed by atoms with Crippen molar-refractivity contribution in [2.45, 2.75) is 75.8 Å². The minimum Gasteiger partial charge on any atom is -0.366 e. The van der Waals surface area contributed by atoms with Crippen LogP contribution < -0.4 is 0 Å². The Balaban J connectivity index is 1.73. The molecule has 21 heavy (non-hydrogen) atoms. The molecule has 2 atom stereocenters. The summed E-state index contributed by atoms with van der Waals surface area (Å²) in [5.41, 5.74) is 2.37. The van der Waals surface area contributed by atoms with Gasteiger partial charge < -0.3 is 9.47 Å². The zero-order valence-electron chi connectivity index (χ0n) is 13.2. The molecule has 1 saturated carbocycles. The maximum atomic E-state index is 6.33. The fraction of sp³-hybridized carbons (Fsp3) is 0.667. The molecule has 4 rings (SSSR count). The molecule has 1 aliphatic carbocycles. The fourth-order valence-electron chi connectivity index (χ4n) is 4.28. The summed E-state index contributed by atoms with van der Waals surface area (Å²) >= 11 is 3.62. The fourth-order valence-corrected chi connectivity index (χ4v) is 4.66. The molecule has 2 unspecified atom stereocenters. The molecule has 0 bridgehead atoms. The first kappa shape index (κ1) is 14.2. The van der Waals surface area contributed by atoms with Crippen molar-refractivity contribution >= 4 is 15.9 Å². The lowest BCUT2D eigenvalue weighted by Crippen LogP contribution is -2.36. The van der Waals surface area contributed by atoms with Gasteiger partial charge in [-0.1, -0.05) is 22.0 Å². The highest BCUT2D eigenvalue weighted by Crippen LogP contribution is 2.66. The van der Waals surface area contributed by atoms with Crippen molar-refractivity contribution in [2.75, 3.05) is 0 Å². The van der Waals surface area contributed by atoms with E-state index in [4.69, 9.17) is 9.47 Å². The molecule has 0 amide bonds. The SMILES string of the molecule is CC1(C)CC2(OC2c2cc(Br)ccc2C2CC2)C(C)(C)O1. The van der Waals surface area contributed by atoms with Gasteiger partial charge in [-0.05, 0) is 69.7 Å². The molecule has 0 N–H and O–H groups in total. The van der Waals surface area contributed by atoms with Gasteiger partial charge in [0, 0.05) is 10.9 Å². The summed E-state index contributed by atoms with van der Waals surface area (Å²) in [7, 11) is 0. The third kappa shape index (κ3) is 2.12. The number of hydrogen-bond donors (Lipinski definition) is 0. The van der Waals surface area contributed by atoms with Crippen LogP contribution >= 0.6 is 15.9 Å². The van der Waals surface area contributed by atoms with E-state index in [0.29, 0.717) is 0 Å². The minimum absolute atomic E-state index is 0.107. The van der Waals surface area contributed by atoms with Crippen LogP contribution in [0.5, 0.6) is 0 Å². The molecule has 114 valence electrons. The topological polar surface area (TPSA) is 21.8 Å². The van der Waals surface area contributed by atoms with E-state index in [0.717, 1.165) is 16.8 Å². The smallest absolute Gasteiger partial charge is 0.130 e. The molecule has 1 aromatic rings. The highest BCUT2D eigenvalue weighted by molar-refractivity contribution is 9.10. The van der Waals surface area contributed by atoms with Crippen LogP contribution in [-0.4, -0.2) is 16.8 Å². The van der Waals surface area contributed by atoms with E-state index < -0.39 is 0 Å². The maximum absolute atomic E-state index is 6.33. The average Bonchev–Trinajstić information content (AvgIpc) is 3.19. The highest BCUT2D eigenvalue weighted by Gasteiger charge is 2.73. The van der Waals surface area contributed by atoms with Gasteiger partial charge in [0.2, 0.25) is 0 Å². The number of rotatable bonds is 2. The Morgan fingerprint density at radius 3 is 2.38 bits per heavy atom. The Labute approximate surface area is 135 Å². The number of benzene rings is 1. The van der Waals surface area contributed by atoms with Crippen molar-refractivity contribution in [3.05, 3.63) is 33.8 Å². The zero-order valence-corrected chi connectivity index (χ0v) is 14.8. The molecule has 3 heteroatoms. The molecular weight excluding hydrogens is 328 g/mol. The zero-order chi connectivity index (χ0) is 15.0. The first-order valence-electron chi connectivity index (χ1n) is 7.91. The van der Waals surface area contributed by atoms with Gasteiger partial charge >= 0.3 is 0 Å². The van der Waals surface area contributed by atoms with Crippen molar-refractivity contribution in [1.29, 1.82) is 0 Å². The Hall–Kier alpha value is -0.380. The van der Waals surface area contributed by atoms with Crippen LogP contribution in [0, 0.1) is 0 Å². The molecule has 2 heterocycles. The Bertz CT molecular complexity index is 603. The minimum atomic E-state index is -0.232. The van der Waals surface area contributed by atoms with Crippen molar-refractivity contribution in [1.82, 2.24) is 0 Å². The van der Waals surface area contributed by atoms with Gasteiger partial charge in [-0.15, -0.1) is 0 Å². The first-order valence-corrected chi connectivity index (χ1v) is 8.71. The normalized spacial score (nSPS) is 36.1. The molecule has 2 aliphatic heterocycles. The van der Waals surface area contributed by atoms with Crippen LogP contribution in [-0.2, 0) is 9.47 Å². The van der Waals surface area contributed by atoms with E-state index in [1.165, 1.54) is 24.0 Å². The average molecular weight is 351 g/mol. The Morgan fingerprint density at radius 2 is 1.81 bits per heavy atom. The van der Waals surface area contributed by atoms with Gasteiger partial charge in [0.1, 0.15) is 11.7 Å². The van der Waals surface area contributed by atoms with Gasteiger partial charge in [-0.25, -0.2) is 0 Å². The molecule has 1 aromatic carbocycles. The Kier molecular flexibility index (Phi) is 2.79. The summed E-state index contributed by atoms with van der Waals surface area (Å²) in [6, 6.07) is 6.70. The second-order valence-corrected chi connectivity index (χ2v) is 8.90. The van der Waals surface area contributed by atoms with Gasteiger partial charge in [0.25, 0.3) is 0 Å². The van der Waals surface area contributed by atoms with E-state index >= 15 is 0 Å². The number of halogens is 1. The second kappa shape index (κ2) is 4.12. The largest absolute Gasteiger partial charge is 0.366 e. The predicted octanol–water partition coefficient (Wildman–Crippen LogP) is 5.11.